The minimum absolute atomic E-state index is 0.481. The van der Waals surface area contributed by atoms with E-state index in [9.17, 15) is 0 Å². The minimum atomic E-state index is 0.481. The topological polar surface area (TPSA) is 0 Å². The van der Waals surface area contributed by atoms with Crippen molar-refractivity contribution in [1.29, 1.82) is 0 Å². The second-order valence-corrected chi connectivity index (χ2v) is 9.46. The quantitative estimate of drug-likeness (QED) is 0.219. The van der Waals surface area contributed by atoms with Gasteiger partial charge in [0.2, 0.25) is 0 Å². The molecular weight excluding hydrogens is 324 g/mol. The van der Waals surface area contributed by atoms with Crippen LogP contribution in [0.3, 0.4) is 0 Å². The predicted octanol–water partition coefficient (Wildman–Crippen LogP) is 10.5. The summed E-state index contributed by atoms with van der Waals surface area (Å²) in [5, 5.41) is 0. The average Bonchev–Trinajstić information content (AvgIpc) is 2.62. The molecule has 0 amide bonds. The highest BCUT2D eigenvalue weighted by molar-refractivity contribution is 4.76. The Kier molecular flexibility index (Phi) is 25.7. The molecule has 0 aromatic heterocycles. The van der Waals surface area contributed by atoms with Gasteiger partial charge in [0, 0.05) is 0 Å². The highest BCUT2D eigenvalue weighted by Crippen LogP contribution is 2.36. The molecule has 0 aromatic rings. The van der Waals surface area contributed by atoms with Crippen LogP contribution in [-0.2, 0) is 0 Å². The lowest BCUT2D eigenvalue weighted by atomic mass is 9.73. The van der Waals surface area contributed by atoms with Crippen LogP contribution in [0, 0.1) is 23.2 Å². The molecule has 3 unspecified atom stereocenters. The summed E-state index contributed by atoms with van der Waals surface area (Å²) in [5.41, 5.74) is 0.481. The van der Waals surface area contributed by atoms with Crippen molar-refractivity contribution < 1.29 is 0 Å². The molecular formula is C27H58. The second kappa shape index (κ2) is 22.0. The third-order valence-corrected chi connectivity index (χ3v) is 5.66. The van der Waals surface area contributed by atoms with Crippen molar-refractivity contribution in [3.63, 3.8) is 0 Å². The molecule has 3 atom stereocenters. The summed E-state index contributed by atoms with van der Waals surface area (Å²) in [6, 6.07) is 0. The molecule has 0 radical (unpaired) electrons. The lowest BCUT2D eigenvalue weighted by molar-refractivity contribution is 0.180. The van der Waals surface area contributed by atoms with Gasteiger partial charge in [-0.2, -0.15) is 0 Å². The number of hydrogen-bond acceptors (Lipinski definition) is 0. The maximum atomic E-state index is 3.36. The van der Waals surface area contributed by atoms with Crippen LogP contribution in [0.4, 0.5) is 0 Å². The summed E-state index contributed by atoms with van der Waals surface area (Å²) < 4.78 is 0. The number of allylic oxidation sites excluding steroid dienone is 1. The van der Waals surface area contributed by atoms with Gasteiger partial charge in [-0.05, 0) is 42.9 Å². The van der Waals surface area contributed by atoms with E-state index in [2.05, 4.69) is 55.0 Å². The van der Waals surface area contributed by atoms with E-state index in [1.54, 1.807) is 6.08 Å². The van der Waals surface area contributed by atoms with E-state index in [4.69, 9.17) is 0 Å². The zero-order chi connectivity index (χ0) is 21.7. The van der Waals surface area contributed by atoms with E-state index in [0.717, 1.165) is 17.8 Å². The van der Waals surface area contributed by atoms with Crippen molar-refractivity contribution in [3.8, 4) is 0 Å². The summed E-state index contributed by atoms with van der Waals surface area (Å²) in [6.45, 7) is 26.1. The predicted molar refractivity (Wildman–Crippen MR) is 131 cm³/mol. The van der Waals surface area contributed by atoms with Crippen molar-refractivity contribution in [1.82, 2.24) is 0 Å². The lowest BCUT2D eigenvalue weighted by Crippen LogP contribution is -2.22. The van der Waals surface area contributed by atoms with E-state index in [-0.39, 0.29) is 0 Å². The van der Waals surface area contributed by atoms with Crippen LogP contribution in [0.1, 0.15) is 140 Å². The summed E-state index contributed by atoms with van der Waals surface area (Å²) in [6.07, 6.45) is 17.4. The molecule has 27 heavy (non-hydrogen) atoms. The zero-order valence-corrected chi connectivity index (χ0v) is 21.3. The van der Waals surface area contributed by atoms with Gasteiger partial charge in [0.1, 0.15) is 0 Å². The fourth-order valence-electron chi connectivity index (χ4n) is 3.50. The normalized spacial score (nSPS) is 14.1. The average molecular weight is 383 g/mol. The molecule has 0 aliphatic heterocycles. The van der Waals surface area contributed by atoms with E-state index >= 15 is 0 Å². The van der Waals surface area contributed by atoms with Crippen LogP contribution < -0.4 is 0 Å². The summed E-state index contributed by atoms with van der Waals surface area (Å²) in [7, 11) is 0. The molecule has 0 N–H and O–H groups in total. The monoisotopic (exact) mass is 382 g/mol. The van der Waals surface area contributed by atoms with Gasteiger partial charge in [-0.15, -0.1) is 6.58 Å². The maximum absolute atomic E-state index is 3.36. The van der Waals surface area contributed by atoms with Crippen LogP contribution in [0.5, 0.6) is 0 Å². The second-order valence-electron chi connectivity index (χ2n) is 9.46. The maximum Gasteiger partial charge on any atom is -0.0354 e. The van der Waals surface area contributed by atoms with Crippen LogP contribution in [-0.4, -0.2) is 0 Å². The zero-order valence-electron chi connectivity index (χ0n) is 21.3. The van der Waals surface area contributed by atoms with E-state index < -0.39 is 0 Å². The number of rotatable bonds is 13. The molecule has 0 heterocycles. The molecule has 0 aliphatic carbocycles. The van der Waals surface area contributed by atoms with Crippen LogP contribution in [0.2, 0.25) is 0 Å². The highest BCUT2D eigenvalue weighted by Gasteiger charge is 2.25. The summed E-state index contributed by atoms with van der Waals surface area (Å²) in [4.78, 5) is 0. The number of unbranched alkanes of at least 4 members (excludes halogenated alkanes) is 4. The molecule has 0 saturated carbocycles. The molecule has 0 aromatic carbocycles. The number of hydrogen-bond donors (Lipinski definition) is 0. The summed E-state index contributed by atoms with van der Waals surface area (Å²) in [5.74, 6) is 2.74. The van der Waals surface area contributed by atoms with Gasteiger partial charge in [0.15, 0.2) is 0 Å². The Bertz CT molecular complexity index is 270. The van der Waals surface area contributed by atoms with E-state index in [0.29, 0.717) is 5.41 Å². The molecule has 0 nitrogen and oxygen atoms in total. The van der Waals surface area contributed by atoms with Crippen LogP contribution >= 0.6 is 0 Å². The third kappa shape index (κ3) is 23.7. The minimum Gasteiger partial charge on any atom is -0.103 e. The first-order chi connectivity index (χ1) is 12.7. The Morgan fingerprint density at radius 1 is 0.778 bits per heavy atom. The van der Waals surface area contributed by atoms with Crippen molar-refractivity contribution in [3.05, 3.63) is 12.7 Å². The van der Waals surface area contributed by atoms with Crippen molar-refractivity contribution in [2.45, 2.75) is 140 Å². The fourth-order valence-corrected chi connectivity index (χ4v) is 3.50. The van der Waals surface area contributed by atoms with Gasteiger partial charge in [-0.25, -0.2) is 0 Å². The van der Waals surface area contributed by atoms with Gasteiger partial charge < -0.3 is 0 Å². The Morgan fingerprint density at radius 2 is 1.22 bits per heavy atom. The molecule has 0 aliphatic rings. The van der Waals surface area contributed by atoms with Gasteiger partial charge in [-0.1, -0.05) is 126 Å². The molecule has 0 rings (SSSR count). The van der Waals surface area contributed by atoms with Crippen LogP contribution in [0.15, 0.2) is 12.7 Å². The molecule has 0 bridgehead atoms. The Labute approximate surface area is 176 Å². The smallest absolute Gasteiger partial charge is 0.0354 e. The molecule has 0 spiro atoms. The van der Waals surface area contributed by atoms with Crippen LogP contribution in [0.25, 0.3) is 0 Å². The van der Waals surface area contributed by atoms with Crippen molar-refractivity contribution in [2.75, 3.05) is 0 Å². The first kappa shape index (κ1) is 31.4. The highest BCUT2D eigenvalue weighted by atomic mass is 14.3. The molecule has 0 heteroatoms. The Morgan fingerprint density at radius 3 is 1.63 bits per heavy atom. The third-order valence-electron chi connectivity index (χ3n) is 5.66. The molecule has 0 saturated heterocycles. The first-order valence-electron chi connectivity index (χ1n) is 12.3. The molecule has 166 valence electrons. The van der Waals surface area contributed by atoms with Crippen molar-refractivity contribution >= 4 is 0 Å². The summed E-state index contributed by atoms with van der Waals surface area (Å²) >= 11 is 0. The van der Waals surface area contributed by atoms with Gasteiger partial charge >= 0.3 is 0 Å². The van der Waals surface area contributed by atoms with E-state index in [1.807, 2.05) is 20.8 Å². The first-order valence-corrected chi connectivity index (χ1v) is 12.3. The lowest BCUT2D eigenvalue weighted by Gasteiger charge is -2.33. The standard InChI is InChI=1S/C22H46.C3H6.C2H6/c1-8-10-11-12-15-20(4)16-13-14-17-21(22(5,6)7)18-19(3)9-2;1-3-2;1-2/h19-21H,8-18H2,1-7H3;3H,1H2,2H3;1-2H3. The van der Waals surface area contributed by atoms with Gasteiger partial charge in [-0.3, -0.25) is 0 Å². The fraction of sp³-hybridized carbons (Fsp3) is 0.926. The van der Waals surface area contributed by atoms with Gasteiger partial charge in [0.05, 0.1) is 0 Å². The molecule has 0 fully saturated rings. The van der Waals surface area contributed by atoms with E-state index in [1.165, 1.54) is 70.6 Å². The largest absolute Gasteiger partial charge is 0.103 e. The Balaban J connectivity index is -0.00000104. The Hall–Kier alpha value is -0.260. The SMILES string of the molecule is C=CC.CC.CCCCCCC(C)CCCCC(CC(C)CC)C(C)(C)C. The van der Waals surface area contributed by atoms with Gasteiger partial charge in [0.25, 0.3) is 0 Å². The van der Waals surface area contributed by atoms with Crippen molar-refractivity contribution in [2.24, 2.45) is 23.2 Å².